The van der Waals surface area contributed by atoms with Crippen LogP contribution >= 0.6 is 7.82 Å². The third-order valence-electron chi connectivity index (χ3n) is 11.5. The number of rotatable bonds is 41. The fourth-order valence-corrected chi connectivity index (χ4v) is 8.47. The molecule has 5 atom stereocenters. The van der Waals surface area contributed by atoms with Gasteiger partial charge in [0.05, 0.1) is 32.0 Å². The van der Waals surface area contributed by atoms with E-state index in [0.717, 1.165) is 32.1 Å². The zero-order chi connectivity index (χ0) is 43.5. The summed E-state index contributed by atoms with van der Waals surface area (Å²) in [6.45, 7) is 6.76. The molecule has 0 aliphatic carbocycles. The van der Waals surface area contributed by atoms with Crippen LogP contribution in [0.2, 0.25) is 0 Å². The number of aryl methyl sites for hydroxylation is 1. The van der Waals surface area contributed by atoms with Gasteiger partial charge in [-0.3, -0.25) is 23.4 Å². The highest BCUT2D eigenvalue weighted by atomic mass is 31.2. The number of nitrogens with one attached hydrogen (secondary N) is 1. The Balaban J connectivity index is 1.73. The Kier molecular flexibility index (Phi) is 32.0. The molecular weight excluding hydrogens is 785 g/mol. The standard InChI is InChI=1S/C45H84N5O9P/c1-4-6-8-10-12-14-16-18-20-22-24-26-28-30-32-55-36-40(56-33-31-29-27-25-23-21-19-17-15-13-11-9-7-5-2)37-57-60(53,54)58-38-42-41(48-49-46)34-43(59-42)50-35-39(3)44(51)47-45(50)52/h35,40-43H,4-34,36-38H2,1-3H3,(H,53,54)(H,47,51,52)/t40?,41-,42+,43+/m0/s1. The van der Waals surface area contributed by atoms with Gasteiger partial charge in [-0.2, -0.15) is 0 Å². The van der Waals surface area contributed by atoms with E-state index in [4.69, 9.17) is 28.8 Å². The third kappa shape index (κ3) is 26.5. The zero-order valence-electron chi connectivity index (χ0n) is 37.9. The lowest BCUT2D eigenvalue weighted by Crippen LogP contribution is -2.33. The van der Waals surface area contributed by atoms with Gasteiger partial charge >= 0.3 is 13.5 Å². The van der Waals surface area contributed by atoms with Gasteiger partial charge in [0.1, 0.15) is 12.3 Å². The second kappa shape index (κ2) is 35.4. The predicted molar refractivity (Wildman–Crippen MR) is 240 cm³/mol. The van der Waals surface area contributed by atoms with Gasteiger partial charge in [0.15, 0.2) is 0 Å². The fourth-order valence-electron chi connectivity index (χ4n) is 7.71. The molecule has 2 heterocycles. The summed E-state index contributed by atoms with van der Waals surface area (Å²) in [6, 6.07) is -0.788. The van der Waals surface area contributed by atoms with E-state index in [1.807, 2.05) is 0 Å². The van der Waals surface area contributed by atoms with Gasteiger partial charge in [-0.05, 0) is 25.3 Å². The summed E-state index contributed by atoms with van der Waals surface area (Å²) in [7, 11) is -4.58. The summed E-state index contributed by atoms with van der Waals surface area (Å²) in [5.74, 6) is 0. The lowest BCUT2D eigenvalue weighted by molar-refractivity contribution is -0.0503. The maximum atomic E-state index is 13.0. The summed E-state index contributed by atoms with van der Waals surface area (Å²) in [4.78, 5) is 40.0. The number of hydrogen-bond donors (Lipinski definition) is 2. The van der Waals surface area contributed by atoms with Crippen molar-refractivity contribution in [3.05, 3.63) is 43.0 Å². The molecule has 0 aromatic carbocycles. The zero-order valence-corrected chi connectivity index (χ0v) is 38.8. The molecule has 0 spiro atoms. The Labute approximate surface area is 361 Å². The summed E-state index contributed by atoms with van der Waals surface area (Å²) >= 11 is 0. The van der Waals surface area contributed by atoms with Crippen LogP contribution in [0, 0.1) is 6.92 Å². The molecule has 0 amide bonds. The molecule has 0 saturated carbocycles. The van der Waals surface area contributed by atoms with E-state index in [-0.39, 0.29) is 19.6 Å². The second-order valence-corrected chi connectivity index (χ2v) is 18.4. The van der Waals surface area contributed by atoms with Gasteiger partial charge in [0.25, 0.3) is 5.56 Å². The van der Waals surface area contributed by atoms with E-state index in [2.05, 4.69) is 28.9 Å². The van der Waals surface area contributed by atoms with E-state index >= 15 is 0 Å². The smallest absolute Gasteiger partial charge is 0.379 e. The molecule has 1 aliphatic heterocycles. The van der Waals surface area contributed by atoms with Gasteiger partial charge in [-0.25, -0.2) is 9.36 Å². The van der Waals surface area contributed by atoms with Crippen LogP contribution in [0.3, 0.4) is 0 Å². The molecule has 2 rings (SSSR count). The first-order valence-corrected chi connectivity index (χ1v) is 25.5. The van der Waals surface area contributed by atoms with Crippen LogP contribution in [0.5, 0.6) is 0 Å². The van der Waals surface area contributed by atoms with Crippen LogP contribution in [-0.4, -0.2) is 65.7 Å². The molecule has 1 saturated heterocycles. The molecule has 1 aromatic heterocycles. The summed E-state index contributed by atoms with van der Waals surface area (Å²) < 4.78 is 42.9. The van der Waals surface area contributed by atoms with Crippen molar-refractivity contribution in [3.63, 3.8) is 0 Å². The van der Waals surface area contributed by atoms with Gasteiger partial charge in [-0.1, -0.05) is 186 Å². The summed E-state index contributed by atoms with van der Waals surface area (Å²) in [5, 5.41) is 3.75. The van der Waals surface area contributed by atoms with Crippen LogP contribution in [-0.2, 0) is 27.8 Å². The molecule has 60 heavy (non-hydrogen) atoms. The number of azide groups is 1. The van der Waals surface area contributed by atoms with Crippen LogP contribution < -0.4 is 11.2 Å². The first kappa shape index (κ1) is 54.1. The van der Waals surface area contributed by atoms with E-state index in [1.54, 1.807) is 6.92 Å². The van der Waals surface area contributed by atoms with Crippen molar-refractivity contribution in [2.24, 2.45) is 5.11 Å². The normalized spacial score (nSPS) is 18.1. The number of aromatic amines is 1. The average Bonchev–Trinajstić information content (AvgIpc) is 3.63. The molecule has 15 heteroatoms. The van der Waals surface area contributed by atoms with Crippen molar-refractivity contribution < 1.29 is 32.7 Å². The molecule has 2 N–H and O–H groups in total. The van der Waals surface area contributed by atoms with Gasteiger partial charge in [0, 0.05) is 36.3 Å². The highest BCUT2D eigenvalue weighted by molar-refractivity contribution is 7.47. The molecule has 14 nitrogen and oxygen atoms in total. The monoisotopic (exact) mass is 870 g/mol. The number of hydrogen-bond acceptors (Lipinski definition) is 9. The Bertz CT molecular complexity index is 1420. The second-order valence-electron chi connectivity index (χ2n) is 16.9. The molecule has 2 unspecified atom stereocenters. The third-order valence-corrected chi connectivity index (χ3v) is 12.4. The minimum atomic E-state index is -4.58. The van der Waals surface area contributed by atoms with Crippen LogP contribution in [0.15, 0.2) is 20.9 Å². The van der Waals surface area contributed by atoms with Gasteiger partial charge < -0.3 is 19.1 Å². The van der Waals surface area contributed by atoms with Crippen molar-refractivity contribution in [1.29, 1.82) is 0 Å². The van der Waals surface area contributed by atoms with Gasteiger partial charge in [-0.15, -0.1) is 0 Å². The van der Waals surface area contributed by atoms with E-state index < -0.39 is 50.2 Å². The lowest BCUT2D eigenvalue weighted by atomic mass is 10.0. The quantitative estimate of drug-likeness (QED) is 0.0212. The maximum Gasteiger partial charge on any atom is 0.472 e. The van der Waals surface area contributed by atoms with Crippen LogP contribution in [0.25, 0.3) is 10.4 Å². The van der Waals surface area contributed by atoms with E-state index in [9.17, 15) is 19.0 Å². The van der Waals surface area contributed by atoms with E-state index in [0.29, 0.717) is 18.8 Å². The minimum absolute atomic E-state index is 0.103. The number of H-pyrrole nitrogens is 1. The maximum absolute atomic E-state index is 13.0. The fraction of sp³-hybridized carbons (Fsp3) is 0.911. The Morgan fingerprint density at radius 2 is 1.23 bits per heavy atom. The molecule has 0 radical (unpaired) electrons. The van der Waals surface area contributed by atoms with Crippen molar-refractivity contribution in [2.75, 3.05) is 33.0 Å². The molecule has 0 bridgehead atoms. The number of ether oxygens (including phenoxy) is 3. The molecular formula is C45H84N5O9P. The van der Waals surface area contributed by atoms with Crippen molar-refractivity contribution in [2.45, 2.75) is 231 Å². The lowest BCUT2D eigenvalue weighted by Gasteiger charge is -2.21. The largest absolute Gasteiger partial charge is 0.472 e. The first-order valence-electron chi connectivity index (χ1n) is 24.0. The number of nitrogens with zero attached hydrogens (tertiary/aromatic N) is 4. The van der Waals surface area contributed by atoms with E-state index in [1.165, 1.54) is 158 Å². The molecule has 1 fully saturated rings. The molecule has 1 aliphatic rings. The minimum Gasteiger partial charge on any atom is -0.379 e. The van der Waals surface area contributed by atoms with Crippen molar-refractivity contribution in [1.82, 2.24) is 9.55 Å². The molecule has 1 aromatic rings. The van der Waals surface area contributed by atoms with Crippen molar-refractivity contribution in [3.8, 4) is 0 Å². The van der Waals surface area contributed by atoms with Crippen LogP contribution in [0.4, 0.5) is 0 Å². The summed E-state index contributed by atoms with van der Waals surface area (Å²) in [6.07, 6.45) is 34.9. The SMILES string of the molecule is CCCCCCCCCCCCCCCCOCC(COP(=O)(O)OC[C@H]1O[C@@H](n2cc(C)c(=O)[nH]c2=O)C[C@@H]1N=[N+]=[N-])OCCCCCCCCCCCCCCCC. The average molecular weight is 870 g/mol. The number of phosphoric ester groups is 1. The molecule has 348 valence electrons. The Morgan fingerprint density at radius 3 is 1.72 bits per heavy atom. The van der Waals surface area contributed by atoms with Crippen LogP contribution in [0.1, 0.15) is 212 Å². The highest BCUT2D eigenvalue weighted by Gasteiger charge is 2.38. The number of phosphoric acid groups is 1. The highest BCUT2D eigenvalue weighted by Crippen LogP contribution is 2.45. The number of aromatic nitrogens is 2. The Hall–Kier alpha value is -2.02. The topological polar surface area (TPSA) is 187 Å². The van der Waals surface area contributed by atoms with Gasteiger partial charge in [0.2, 0.25) is 0 Å². The number of unbranched alkanes of at least 4 members (excludes halogenated alkanes) is 26. The first-order chi connectivity index (χ1) is 29.2. The Morgan fingerprint density at radius 1 is 0.767 bits per heavy atom. The summed E-state index contributed by atoms with van der Waals surface area (Å²) in [5.41, 5.74) is 8.22. The van der Waals surface area contributed by atoms with Crippen molar-refractivity contribution >= 4 is 7.82 Å². The predicted octanol–water partition coefficient (Wildman–Crippen LogP) is 12.3.